The highest BCUT2D eigenvalue weighted by molar-refractivity contribution is 8.00. The van der Waals surface area contributed by atoms with Gasteiger partial charge in [0.25, 0.3) is 0 Å². The molecule has 0 radical (unpaired) electrons. The number of rotatable bonds is 7. The van der Waals surface area contributed by atoms with E-state index in [4.69, 9.17) is 10.5 Å². The van der Waals surface area contributed by atoms with Gasteiger partial charge in [0.2, 0.25) is 5.91 Å². The summed E-state index contributed by atoms with van der Waals surface area (Å²) in [5.74, 6) is 0.756. The van der Waals surface area contributed by atoms with Gasteiger partial charge < -0.3 is 15.8 Å². The zero-order chi connectivity index (χ0) is 15.1. The monoisotopic (exact) mass is 296 g/mol. The molecule has 112 valence electrons. The van der Waals surface area contributed by atoms with Gasteiger partial charge in [0.1, 0.15) is 5.75 Å². The van der Waals surface area contributed by atoms with Crippen molar-refractivity contribution in [1.82, 2.24) is 5.32 Å². The Morgan fingerprint density at radius 3 is 2.75 bits per heavy atom. The molecule has 1 amide bonds. The highest BCUT2D eigenvalue weighted by Gasteiger charge is 2.18. The van der Waals surface area contributed by atoms with Gasteiger partial charge in [-0.1, -0.05) is 13.3 Å². The van der Waals surface area contributed by atoms with Gasteiger partial charge in [-0.3, -0.25) is 4.79 Å². The Morgan fingerprint density at radius 2 is 2.15 bits per heavy atom. The molecule has 0 bridgehead atoms. The molecule has 1 rings (SSSR count). The molecule has 4 nitrogen and oxygen atoms in total. The van der Waals surface area contributed by atoms with Crippen LogP contribution in [0, 0.1) is 0 Å². The van der Waals surface area contributed by atoms with Gasteiger partial charge in [0, 0.05) is 17.8 Å². The van der Waals surface area contributed by atoms with E-state index in [-0.39, 0.29) is 17.2 Å². The third-order valence-electron chi connectivity index (χ3n) is 2.97. The van der Waals surface area contributed by atoms with Gasteiger partial charge in [0.15, 0.2) is 0 Å². The summed E-state index contributed by atoms with van der Waals surface area (Å²) in [6.07, 6.45) is 2.06. The van der Waals surface area contributed by atoms with E-state index in [0.717, 1.165) is 17.7 Å². The van der Waals surface area contributed by atoms with Crippen molar-refractivity contribution < 1.29 is 9.53 Å². The maximum atomic E-state index is 12.1. The first kappa shape index (κ1) is 16.7. The standard InChI is InChI=1S/C15H24N2O2S/c1-5-6-10(2)17-15(18)11(3)20-14-8-7-12(16)9-13(14)19-4/h7-11H,5-6,16H2,1-4H3,(H,17,18). The number of benzene rings is 1. The van der Waals surface area contributed by atoms with Crippen LogP contribution < -0.4 is 15.8 Å². The van der Waals surface area contributed by atoms with Crippen LogP contribution in [-0.4, -0.2) is 24.3 Å². The highest BCUT2D eigenvalue weighted by Crippen LogP contribution is 2.33. The fourth-order valence-electron chi connectivity index (χ4n) is 1.89. The second-order valence-electron chi connectivity index (χ2n) is 4.87. The average Bonchev–Trinajstić information content (AvgIpc) is 2.40. The molecule has 0 aliphatic rings. The van der Waals surface area contributed by atoms with Crippen LogP contribution in [0.25, 0.3) is 0 Å². The third-order valence-corrected chi connectivity index (χ3v) is 4.13. The molecule has 0 saturated carbocycles. The second-order valence-corrected chi connectivity index (χ2v) is 6.25. The van der Waals surface area contributed by atoms with E-state index in [2.05, 4.69) is 12.2 Å². The van der Waals surface area contributed by atoms with E-state index in [0.29, 0.717) is 11.4 Å². The topological polar surface area (TPSA) is 64.4 Å². The fourth-order valence-corrected chi connectivity index (χ4v) is 2.85. The summed E-state index contributed by atoms with van der Waals surface area (Å²) in [4.78, 5) is 13.0. The minimum atomic E-state index is -0.174. The zero-order valence-electron chi connectivity index (χ0n) is 12.6. The fraction of sp³-hybridized carbons (Fsp3) is 0.533. The van der Waals surface area contributed by atoms with Crippen molar-refractivity contribution in [2.45, 2.75) is 49.8 Å². The van der Waals surface area contributed by atoms with Gasteiger partial charge in [-0.2, -0.15) is 0 Å². The molecule has 0 aromatic heterocycles. The molecule has 1 aromatic carbocycles. The second kappa shape index (κ2) is 8.04. The third kappa shape index (κ3) is 4.96. The summed E-state index contributed by atoms with van der Waals surface area (Å²) >= 11 is 1.48. The van der Waals surface area contributed by atoms with Crippen LogP contribution >= 0.6 is 11.8 Å². The zero-order valence-corrected chi connectivity index (χ0v) is 13.4. The Hall–Kier alpha value is -1.36. The number of carbonyl (C=O) groups excluding carboxylic acids is 1. The molecule has 2 unspecified atom stereocenters. The molecular formula is C15H24N2O2S. The number of amides is 1. The molecule has 0 heterocycles. The maximum absolute atomic E-state index is 12.1. The molecule has 0 fully saturated rings. The summed E-state index contributed by atoms with van der Waals surface area (Å²) in [6.45, 7) is 6.04. The van der Waals surface area contributed by atoms with Crippen LogP contribution in [0.3, 0.4) is 0 Å². The Bertz CT molecular complexity index is 451. The minimum Gasteiger partial charge on any atom is -0.496 e. The van der Waals surface area contributed by atoms with E-state index >= 15 is 0 Å². The highest BCUT2D eigenvalue weighted by atomic mass is 32.2. The number of nitrogens with one attached hydrogen (secondary N) is 1. The van der Waals surface area contributed by atoms with Crippen molar-refractivity contribution in [3.63, 3.8) is 0 Å². The van der Waals surface area contributed by atoms with Crippen molar-refractivity contribution in [1.29, 1.82) is 0 Å². The van der Waals surface area contributed by atoms with Gasteiger partial charge >= 0.3 is 0 Å². The van der Waals surface area contributed by atoms with E-state index in [1.807, 2.05) is 26.0 Å². The minimum absolute atomic E-state index is 0.0508. The molecule has 0 aliphatic heterocycles. The molecular weight excluding hydrogens is 272 g/mol. The Labute approximate surface area is 125 Å². The van der Waals surface area contributed by atoms with Crippen LogP contribution in [0.5, 0.6) is 5.75 Å². The van der Waals surface area contributed by atoms with E-state index < -0.39 is 0 Å². The number of thioether (sulfide) groups is 1. The Kier molecular flexibility index (Phi) is 6.71. The largest absolute Gasteiger partial charge is 0.496 e. The summed E-state index contributed by atoms with van der Waals surface area (Å²) in [5.41, 5.74) is 6.38. The number of hydrogen-bond donors (Lipinski definition) is 2. The number of hydrogen-bond acceptors (Lipinski definition) is 4. The summed E-state index contributed by atoms with van der Waals surface area (Å²) in [7, 11) is 1.60. The number of carbonyl (C=O) groups is 1. The number of nitrogen functional groups attached to an aromatic ring is 1. The quantitative estimate of drug-likeness (QED) is 0.599. The molecule has 0 aliphatic carbocycles. The number of methoxy groups -OCH3 is 1. The van der Waals surface area contributed by atoms with Gasteiger partial charge in [-0.15, -0.1) is 11.8 Å². The lowest BCUT2D eigenvalue weighted by Crippen LogP contribution is -2.37. The first-order valence-corrected chi connectivity index (χ1v) is 7.76. The van der Waals surface area contributed by atoms with E-state index in [1.165, 1.54) is 11.8 Å². The molecule has 20 heavy (non-hydrogen) atoms. The lowest BCUT2D eigenvalue weighted by molar-refractivity contribution is -0.120. The van der Waals surface area contributed by atoms with Crippen molar-refractivity contribution in [2.24, 2.45) is 0 Å². The molecule has 5 heteroatoms. The van der Waals surface area contributed by atoms with Crippen LogP contribution in [0.1, 0.15) is 33.6 Å². The Balaban J connectivity index is 2.65. The average molecular weight is 296 g/mol. The van der Waals surface area contributed by atoms with Gasteiger partial charge in [-0.05, 0) is 32.4 Å². The summed E-state index contributed by atoms with van der Waals surface area (Å²) in [6, 6.07) is 5.68. The van der Waals surface area contributed by atoms with Crippen LogP contribution in [0.4, 0.5) is 5.69 Å². The summed E-state index contributed by atoms with van der Waals surface area (Å²) < 4.78 is 5.29. The first-order valence-electron chi connectivity index (χ1n) is 6.88. The van der Waals surface area contributed by atoms with Gasteiger partial charge in [0.05, 0.1) is 17.3 Å². The van der Waals surface area contributed by atoms with Gasteiger partial charge in [-0.25, -0.2) is 0 Å². The van der Waals surface area contributed by atoms with Crippen LogP contribution in [0.2, 0.25) is 0 Å². The SMILES string of the molecule is CCCC(C)NC(=O)C(C)Sc1ccc(N)cc1OC. The van der Waals surface area contributed by atoms with Crippen molar-refractivity contribution >= 4 is 23.4 Å². The first-order chi connectivity index (χ1) is 9.47. The lowest BCUT2D eigenvalue weighted by atomic mass is 10.2. The van der Waals surface area contributed by atoms with Crippen molar-refractivity contribution in [3.05, 3.63) is 18.2 Å². The van der Waals surface area contributed by atoms with Crippen molar-refractivity contribution in [3.8, 4) is 5.75 Å². The normalized spacial score (nSPS) is 13.6. The smallest absolute Gasteiger partial charge is 0.233 e. The van der Waals surface area contributed by atoms with E-state index in [9.17, 15) is 4.79 Å². The number of ether oxygens (including phenoxy) is 1. The molecule has 1 aromatic rings. The molecule has 0 spiro atoms. The summed E-state index contributed by atoms with van der Waals surface area (Å²) in [5, 5.41) is 2.85. The number of nitrogens with two attached hydrogens (primary N) is 1. The maximum Gasteiger partial charge on any atom is 0.233 e. The molecule has 3 N–H and O–H groups in total. The molecule has 2 atom stereocenters. The van der Waals surface area contributed by atoms with Crippen molar-refractivity contribution in [2.75, 3.05) is 12.8 Å². The van der Waals surface area contributed by atoms with E-state index in [1.54, 1.807) is 13.2 Å². The molecule has 0 saturated heterocycles. The predicted octanol–water partition coefficient (Wildman–Crippen LogP) is 3.06. The Morgan fingerprint density at radius 1 is 1.45 bits per heavy atom. The predicted molar refractivity (Wildman–Crippen MR) is 85.2 cm³/mol. The lowest BCUT2D eigenvalue weighted by Gasteiger charge is -2.17. The van der Waals surface area contributed by atoms with Crippen LogP contribution in [-0.2, 0) is 4.79 Å². The van der Waals surface area contributed by atoms with Crippen LogP contribution in [0.15, 0.2) is 23.1 Å². The number of anilines is 1.